The number of hydrogen-bond donors (Lipinski definition) is 0. The highest BCUT2D eigenvalue weighted by molar-refractivity contribution is 5.95. The zero-order valence-corrected chi connectivity index (χ0v) is 15.5. The zero-order valence-electron chi connectivity index (χ0n) is 15.5. The molecule has 0 saturated heterocycles. The van der Waals surface area contributed by atoms with Crippen molar-refractivity contribution in [1.29, 1.82) is 0 Å². The molecule has 0 aliphatic rings. The van der Waals surface area contributed by atoms with Crippen LogP contribution in [0.4, 0.5) is 13.2 Å². The first-order valence-electron chi connectivity index (χ1n) is 8.40. The maximum Gasteiger partial charge on any atom is 0.416 e. The Morgan fingerprint density at radius 2 is 1.89 bits per heavy atom. The second-order valence-corrected chi connectivity index (χ2v) is 6.55. The van der Waals surface area contributed by atoms with Crippen molar-refractivity contribution in [2.75, 3.05) is 14.1 Å². The van der Waals surface area contributed by atoms with Crippen molar-refractivity contribution < 1.29 is 18.0 Å². The smallest absolute Gasteiger partial charge is 0.345 e. The predicted molar refractivity (Wildman–Crippen MR) is 96.5 cm³/mol. The molecule has 9 heteroatoms. The quantitative estimate of drug-likeness (QED) is 0.688. The number of benzene rings is 2. The first kappa shape index (κ1) is 19.5. The molecule has 1 amide bonds. The number of carbonyl (C=O) groups is 1. The number of aryl methyl sites for hydroxylation is 1. The van der Waals surface area contributed by atoms with Crippen LogP contribution in [-0.4, -0.2) is 45.1 Å². The molecular formula is C19H18F3N5O. The average molecular weight is 389 g/mol. The Labute approximate surface area is 159 Å². The molecule has 0 fully saturated rings. The molecule has 6 nitrogen and oxygen atoms in total. The van der Waals surface area contributed by atoms with Gasteiger partial charge in [-0.3, -0.25) is 4.79 Å². The largest absolute Gasteiger partial charge is 0.416 e. The van der Waals surface area contributed by atoms with Crippen LogP contribution in [0.5, 0.6) is 0 Å². The first-order chi connectivity index (χ1) is 13.1. The van der Waals surface area contributed by atoms with Gasteiger partial charge in [-0.25, -0.2) is 0 Å². The predicted octanol–water partition coefficient (Wildman–Crippen LogP) is 3.19. The number of amides is 1. The Kier molecular flexibility index (Phi) is 5.17. The molecule has 28 heavy (non-hydrogen) atoms. The third-order valence-electron chi connectivity index (χ3n) is 4.16. The Bertz CT molecular complexity index is 1010. The van der Waals surface area contributed by atoms with Crippen molar-refractivity contribution in [3.05, 3.63) is 64.7 Å². The number of nitrogens with zero attached hydrogens (tertiary/aromatic N) is 5. The van der Waals surface area contributed by atoms with Crippen LogP contribution in [0.15, 0.2) is 42.5 Å². The van der Waals surface area contributed by atoms with Gasteiger partial charge >= 0.3 is 6.18 Å². The van der Waals surface area contributed by atoms with Crippen molar-refractivity contribution in [2.24, 2.45) is 7.05 Å². The Morgan fingerprint density at radius 3 is 2.50 bits per heavy atom. The fraction of sp³-hybridized carbons (Fsp3) is 0.263. The van der Waals surface area contributed by atoms with Crippen LogP contribution in [0.3, 0.4) is 0 Å². The molecule has 3 aromatic rings. The first-order valence-corrected chi connectivity index (χ1v) is 8.40. The van der Waals surface area contributed by atoms with Gasteiger partial charge in [0.2, 0.25) is 5.82 Å². The van der Waals surface area contributed by atoms with E-state index in [-0.39, 0.29) is 12.3 Å². The molecule has 3 rings (SSSR count). The van der Waals surface area contributed by atoms with Crippen LogP contribution < -0.4 is 0 Å². The van der Waals surface area contributed by atoms with Crippen molar-refractivity contribution in [3.63, 3.8) is 0 Å². The SMILES string of the molecule is CN(C)C(=O)c1ccc(Cc2cccc(C(F)(F)F)c2)c(-c2nnn(C)n2)c1. The van der Waals surface area contributed by atoms with E-state index in [0.717, 1.165) is 12.1 Å². The lowest BCUT2D eigenvalue weighted by Gasteiger charge is -2.14. The van der Waals surface area contributed by atoms with Crippen LogP contribution in [0.25, 0.3) is 11.4 Å². The van der Waals surface area contributed by atoms with Gasteiger partial charge in [-0.1, -0.05) is 24.3 Å². The van der Waals surface area contributed by atoms with Crippen molar-refractivity contribution in [1.82, 2.24) is 25.1 Å². The fourth-order valence-corrected chi connectivity index (χ4v) is 2.80. The number of halogens is 3. The third kappa shape index (κ3) is 4.19. The molecule has 0 spiro atoms. The van der Waals surface area contributed by atoms with E-state index in [2.05, 4.69) is 15.4 Å². The van der Waals surface area contributed by atoms with Crippen molar-refractivity contribution >= 4 is 5.91 Å². The molecule has 0 N–H and O–H groups in total. The number of tetrazole rings is 1. The molecule has 0 unspecified atom stereocenters. The van der Waals surface area contributed by atoms with Gasteiger partial charge in [-0.05, 0) is 41.0 Å². The lowest BCUT2D eigenvalue weighted by Crippen LogP contribution is -2.21. The third-order valence-corrected chi connectivity index (χ3v) is 4.16. The van der Waals surface area contributed by atoms with E-state index >= 15 is 0 Å². The van der Waals surface area contributed by atoms with Crippen LogP contribution in [0.2, 0.25) is 0 Å². The van der Waals surface area contributed by atoms with Crippen molar-refractivity contribution in [3.8, 4) is 11.4 Å². The molecule has 0 radical (unpaired) electrons. The molecule has 0 atom stereocenters. The van der Waals surface area contributed by atoms with Gasteiger partial charge in [-0.2, -0.15) is 18.0 Å². The molecule has 0 aliphatic carbocycles. The molecule has 0 aliphatic heterocycles. The highest BCUT2D eigenvalue weighted by Gasteiger charge is 2.30. The number of aromatic nitrogens is 4. The van der Waals surface area contributed by atoms with Crippen LogP contribution >= 0.6 is 0 Å². The summed E-state index contributed by atoms with van der Waals surface area (Å²) in [4.78, 5) is 15.0. The zero-order chi connectivity index (χ0) is 20.5. The second kappa shape index (κ2) is 7.41. The molecule has 2 aromatic carbocycles. The monoisotopic (exact) mass is 389 g/mol. The van der Waals surface area contributed by atoms with Crippen molar-refractivity contribution in [2.45, 2.75) is 12.6 Å². The maximum atomic E-state index is 13.0. The minimum absolute atomic E-state index is 0.198. The summed E-state index contributed by atoms with van der Waals surface area (Å²) in [6.45, 7) is 0. The van der Waals surface area contributed by atoms with E-state index in [1.807, 2.05) is 0 Å². The van der Waals surface area contributed by atoms with Gasteiger partial charge in [0.1, 0.15) is 0 Å². The number of rotatable bonds is 4. The van der Waals surface area contributed by atoms with Gasteiger partial charge in [0.25, 0.3) is 5.91 Å². The minimum Gasteiger partial charge on any atom is -0.345 e. The molecule has 1 aromatic heterocycles. The lowest BCUT2D eigenvalue weighted by molar-refractivity contribution is -0.137. The van der Waals surface area contributed by atoms with E-state index in [1.165, 1.54) is 15.8 Å². The Hall–Kier alpha value is -3.23. The lowest BCUT2D eigenvalue weighted by atomic mass is 9.96. The average Bonchev–Trinajstić information content (AvgIpc) is 3.07. The highest BCUT2D eigenvalue weighted by Crippen LogP contribution is 2.31. The van der Waals surface area contributed by atoms with E-state index < -0.39 is 11.7 Å². The minimum atomic E-state index is -4.41. The van der Waals surface area contributed by atoms with Crippen LogP contribution in [0.1, 0.15) is 27.0 Å². The fourth-order valence-electron chi connectivity index (χ4n) is 2.80. The second-order valence-electron chi connectivity index (χ2n) is 6.55. The molecule has 0 bridgehead atoms. The van der Waals surface area contributed by atoms with E-state index in [4.69, 9.17) is 0 Å². The summed E-state index contributed by atoms with van der Waals surface area (Å²) < 4.78 is 39.0. The maximum absolute atomic E-state index is 13.0. The molecule has 146 valence electrons. The van der Waals surface area contributed by atoms with E-state index in [0.29, 0.717) is 28.1 Å². The van der Waals surface area contributed by atoms with Gasteiger partial charge in [0.05, 0.1) is 12.6 Å². The molecule has 1 heterocycles. The standard InChI is InChI=1S/C19H18F3N5O/c1-26(2)18(28)14-8-7-13(16(11-14)17-23-25-27(3)24-17)9-12-5-4-6-15(10-12)19(20,21)22/h4-8,10-11H,9H2,1-3H3. The summed E-state index contributed by atoms with van der Waals surface area (Å²) in [5, 5.41) is 12.0. The van der Waals surface area contributed by atoms with Crippen LogP contribution in [-0.2, 0) is 19.6 Å². The van der Waals surface area contributed by atoms with Gasteiger partial charge < -0.3 is 4.90 Å². The van der Waals surface area contributed by atoms with E-state index in [1.54, 1.807) is 45.4 Å². The Balaban J connectivity index is 2.04. The normalized spacial score (nSPS) is 11.5. The summed E-state index contributed by atoms with van der Waals surface area (Å²) in [5.41, 5.74) is 1.47. The number of alkyl halides is 3. The number of hydrogen-bond acceptors (Lipinski definition) is 4. The summed E-state index contributed by atoms with van der Waals surface area (Å²) in [6, 6.07) is 10.2. The van der Waals surface area contributed by atoms with Gasteiger partial charge in [0, 0.05) is 25.2 Å². The Morgan fingerprint density at radius 1 is 1.14 bits per heavy atom. The number of carbonyl (C=O) groups excluding carboxylic acids is 1. The van der Waals surface area contributed by atoms with E-state index in [9.17, 15) is 18.0 Å². The summed E-state index contributed by atoms with van der Waals surface area (Å²) in [7, 11) is 4.88. The summed E-state index contributed by atoms with van der Waals surface area (Å²) in [5.74, 6) is 0.105. The highest BCUT2D eigenvalue weighted by atomic mass is 19.4. The summed E-state index contributed by atoms with van der Waals surface area (Å²) >= 11 is 0. The molecular weight excluding hydrogens is 371 g/mol. The topological polar surface area (TPSA) is 63.9 Å². The molecule has 0 saturated carbocycles. The van der Waals surface area contributed by atoms with Crippen LogP contribution in [0, 0.1) is 0 Å². The summed E-state index contributed by atoms with van der Waals surface area (Å²) in [6.07, 6.45) is -4.18. The van der Waals surface area contributed by atoms with Gasteiger partial charge in [0.15, 0.2) is 0 Å². The van der Waals surface area contributed by atoms with Gasteiger partial charge in [-0.15, -0.1) is 10.2 Å².